The van der Waals surface area contributed by atoms with Crippen molar-refractivity contribution in [1.82, 2.24) is 0 Å². The van der Waals surface area contributed by atoms with Crippen LogP contribution < -0.4 is 0 Å². The van der Waals surface area contributed by atoms with Crippen LogP contribution in [-0.4, -0.2) is 0 Å². The third-order valence-corrected chi connectivity index (χ3v) is 11.1. The van der Waals surface area contributed by atoms with Gasteiger partial charge >= 0.3 is 0 Å². The summed E-state index contributed by atoms with van der Waals surface area (Å²) in [4.78, 5) is 5.28. The molecule has 1 aliphatic heterocycles. The third-order valence-electron chi connectivity index (χ3n) is 8.76. The molecule has 0 spiro atoms. The maximum Gasteiger partial charge on any atom is 0.0355 e. The molecule has 9 rings (SSSR count). The Bertz CT molecular complexity index is 2340. The summed E-state index contributed by atoms with van der Waals surface area (Å²) < 4.78 is 0. The number of fused-ring (bicyclic) bond motifs is 3. The normalized spacial score (nSPS) is 12.0. The molecule has 8 aromatic rings. The van der Waals surface area contributed by atoms with E-state index in [1.807, 2.05) is 23.1 Å². The Morgan fingerprint density at radius 2 is 0.932 bits per heavy atom. The number of hydrogen-bond acceptors (Lipinski definition) is 2. The molecule has 0 saturated carbocycles. The Labute approximate surface area is 265 Å². The van der Waals surface area contributed by atoms with Crippen molar-refractivity contribution in [3.05, 3.63) is 158 Å². The minimum absolute atomic E-state index is 1.23. The van der Waals surface area contributed by atoms with Gasteiger partial charge in [0, 0.05) is 24.9 Å². The maximum absolute atomic E-state index is 2.31. The highest BCUT2D eigenvalue weighted by Crippen LogP contribution is 2.50. The van der Waals surface area contributed by atoms with E-state index in [4.69, 9.17) is 0 Å². The molecule has 0 amide bonds. The number of benzene rings is 7. The van der Waals surface area contributed by atoms with Crippen LogP contribution in [0.1, 0.15) is 0 Å². The summed E-state index contributed by atoms with van der Waals surface area (Å²) in [6.45, 7) is 0. The molecule has 0 saturated heterocycles. The van der Waals surface area contributed by atoms with Crippen LogP contribution in [0.3, 0.4) is 0 Å². The van der Waals surface area contributed by atoms with Gasteiger partial charge in [-0.05, 0) is 84.9 Å². The van der Waals surface area contributed by atoms with Crippen LogP contribution in [0.5, 0.6) is 0 Å². The molecule has 206 valence electrons. The van der Waals surface area contributed by atoms with Crippen LogP contribution in [-0.2, 0) is 0 Å². The standard InChI is InChI=1S/C42H26S2/c1-2-9-32-29(7-1)8-5-11-33(32)30-19-15-27(16-20-30)28-17-21-31(22-18-28)38-25-26-40(43-38)35-23-24-41-42-36(12-6-13-37(35)42)34-10-3-4-14-39(34)44-41/h1-26H. The molecule has 0 fully saturated rings. The van der Waals surface area contributed by atoms with Gasteiger partial charge in [-0.15, -0.1) is 11.3 Å². The van der Waals surface area contributed by atoms with Gasteiger partial charge in [-0.1, -0.05) is 145 Å². The zero-order chi connectivity index (χ0) is 29.0. The topological polar surface area (TPSA) is 0 Å². The van der Waals surface area contributed by atoms with Gasteiger partial charge in [0.15, 0.2) is 0 Å². The van der Waals surface area contributed by atoms with E-state index in [2.05, 4.69) is 158 Å². The SMILES string of the molecule is c1ccc2c(c1)Sc1ccc(-c3ccc(-c4ccc(-c5ccc(-c6cccc7ccccc67)cc5)cc4)s3)c3cccc-2c13. The van der Waals surface area contributed by atoms with Crippen molar-refractivity contribution in [1.29, 1.82) is 0 Å². The van der Waals surface area contributed by atoms with Gasteiger partial charge in [-0.3, -0.25) is 0 Å². The average Bonchev–Trinajstić information content (AvgIpc) is 3.59. The fraction of sp³-hybridized carbons (Fsp3) is 0. The molecular formula is C42H26S2. The highest BCUT2D eigenvalue weighted by molar-refractivity contribution is 7.99. The molecule has 1 aromatic heterocycles. The Hall–Kier alpha value is -4.89. The first-order valence-electron chi connectivity index (χ1n) is 14.9. The van der Waals surface area contributed by atoms with Gasteiger partial charge in [0.25, 0.3) is 0 Å². The molecule has 0 nitrogen and oxygen atoms in total. The molecule has 7 aromatic carbocycles. The molecular weight excluding hydrogens is 569 g/mol. The zero-order valence-corrected chi connectivity index (χ0v) is 25.5. The first kappa shape index (κ1) is 25.6. The second-order valence-electron chi connectivity index (χ2n) is 11.3. The van der Waals surface area contributed by atoms with Gasteiger partial charge in [0.1, 0.15) is 0 Å². The predicted molar refractivity (Wildman–Crippen MR) is 191 cm³/mol. The molecule has 2 heteroatoms. The van der Waals surface area contributed by atoms with Crippen LogP contribution in [0.25, 0.3) is 75.8 Å². The molecule has 1 aliphatic rings. The third kappa shape index (κ3) is 4.22. The molecule has 44 heavy (non-hydrogen) atoms. The summed E-state index contributed by atoms with van der Waals surface area (Å²) in [6, 6.07) is 57.8. The lowest BCUT2D eigenvalue weighted by Gasteiger charge is -2.21. The number of thiophene rings is 1. The van der Waals surface area contributed by atoms with Gasteiger partial charge in [0.05, 0.1) is 0 Å². The molecule has 0 radical (unpaired) electrons. The van der Waals surface area contributed by atoms with Crippen LogP contribution in [0, 0.1) is 0 Å². The lowest BCUT2D eigenvalue weighted by molar-refractivity contribution is 1.40. The van der Waals surface area contributed by atoms with Crippen LogP contribution >= 0.6 is 23.1 Å². The summed E-state index contributed by atoms with van der Waals surface area (Å²) in [5, 5.41) is 5.27. The van der Waals surface area contributed by atoms with E-state index < -0.39 is 0 Å². The van der Waals surface area contributed by atoms with E-state index in [0.717, 1.165) is 0 Å². The highest BCUT2D eigenvalue weighted by atomic mass is 32.2. The van der Waals surface area contributed by atoms with Crippen molar-refractivity contribution in [2.75, 3.05) is 0 Å². The quantitative estimate of drug-likeness (QED) is 0.195. The molecule has 0 N–H and O–H groups in total. The van der Waals surface area contributed by atoms with E-state index in [0.29, 0.717) is 0 Å². The predicted octanol–water partition coefficient (Wildman–Crippen LogP) is 12.9. The summed E-state index contributed by atoms with van der Waals surface area (Å²) in [7, 11) is 0. The van der Waals surface area contributed by atoms with E-state index in [1.54, 1.807) is 0 Å². The fourth-order valence-corrected chi connectivity index (χ4v) is 8.76. The maximum atomic E-state index is 2.31. The van der Waals surface area contributed by atoms with Gasteiger partial charge in [-0.25, -0.2) is 0 Å². The molecule has 0 aliphatic carbocycles. The van der Waals surface area contributed by atoms with Crippen LogP contribution in [0.2, 0.25) is 0 Å². The molecule has 0 bridgehead atoms. The summed E-state index contributed by atoms with van der Waals surface area (Å²) in [6.07, 6.45) is 0. The van der Waals surface area contributed by atoms with Crippen molar-refractivity contribution in [2.24, 2.45) is 0 Å². The lowest BCUT2D eigenvalue weighted by Crippen LogP contribution is -1.93. The molecule has 0 unspecified atom stereocenters. The molecule has 2 heterocycles. The van der Waals surface area contributed by atoms with Crippen LogP contribution in [0.15, 0.2) is 168 Å². The monoisotopic (exact) mass is 594 g/mol. The Kier molecular flexibility index (Phi) is 6.04. The molecule has 0 atom stereocenters. The smallest absolute Gasteiger partial charge is 0.0355 e. The summed E-state index contributed by atoms with van der Waals surface area (Å²) in [5.74, 6) is 0. The zero-order valence-electron chi connectivity index (χ0n) is 23.8. The van der Waals surface area contributed by atoms with Gasteiger partial charge in [0.2, 0.25) is 0 Å². The second-order valence-corrected chi connectivity index (χ2v) is 13.5. The van der Waals surface area contributed by atoms with E-state index in [-0.39, 0.29) is 0 Å². The van der Waals surface area contributed by atoms with Gasteiger partial charge < -0.3 is 0 Å². The first-order valence-corrected chi connectivity index (χ1v) is 16.6. The Balaban J connectivity index is 1.01. The average molecular weight is 595 g/mol. The van der Waals surface area contributed by atoms with E-state index >= 15 is 0 Å². The van der Waals surface area contributed by atoms with Crippen molar-refractivity contribution < 1.29 is 0 Å². The fourth-order valence-electron chi connectivity index (χ4n) is 6.58. The largest absolute Gasteiger partial charge is 0.135 e. The van der Waals surface area contributed by atoms with E-state index in [9.17, 15) is 0 Å². The highest BCUT2D eigenvalue weighted by Gasteiger charge is 2.20. The minimum Gasteiger partial charge on any atom is -0.135 e. The first-order chi connectivity index (χ1) is 21.8. The van der Waals surface area contributed by atoms with E-state index in [1.165, 1.54) is 85.6 Å². The minimum atomic E-state index is 1.23. The number of hydrogen-bond donors (Lipinski definition) is 0. The van der Waals surface area contributed by atoms with Crippen molar-refractivity contribution in [3.63, 3.8) is 0 Å². The Morgan fingerprint density at radius 1 is 0.318 bits per heavy atom. The second kappa shape index (κ2) is 10.4. The van der Waals surface area contributed by atoms with Gasteiger partial charge in [-0.2, -0.15) is 0 Å². The summed E-state index contributed by atoms with van der Waals surface area (Å²) in [5.41, 5.74) is 10.2. The van der Waals surface area contributed by atoms with Crippen molar-refractivity contribution in [2.45, 2.75) is 9.79 Å². The van der Waals surface area contributed by atoms with Crippen molar-refractivity contribution in [3.8, 4) is 54.3 Å². The number of rotatable bonds is 4. The Morgan fingerprint density at radius 3 is 1.80 bits per heavy atom. The van der Waals surface area contributed by atoms with Crippen LogP contribution in [0.4, 0.5) is 0 Å². The van der Waals surface area contributed by atoms with Crippen molar-refractivity contribution >= 4 is 44.6 Å². The lowest BCUT2D eigenvalue weighted by atomic mass is 9.94. The summed E-state index contributed by atoms with van der Waals surface area (Å²) >= 11 is 3.76.